The van der Waals surface area contributed by atoms with Crippen molar-refractivity contribution in [3.05, 3.63) is 33.9 Å². The molecular weight excluding hydrogens is 372 g/mol. The number of carbonyl (C=O) groups excluding carboxylic acids is 1. The molecule has 1 aliphatic heterocycles. The molecular formula is C17H26N4O5S. The topological polar surface area (TPSA) is 113 Å². The monoisotopic (exact) mass is 398 g/mol. The number of unbranched alkanes of at least 4 members (excludes halogenated alkanes) is 2. The highest BCUT2D eigenvalue weighted by atomic mass is 32.2. The van der Waals surface area contributed by atoms with Gasteiger partial charge in [0.25, 0.3) is 5.69 Å². The number of rotatable bonds is 7. The number of nitrogens with one attached hydrogen (secondary N) is 1. The quantitative estimate of drug-likeness (QED) is 0.429. The van der Waals surface area contributed by atoms with Crippen molar-refractivity contribution in [3.8, 4) is 0 Å². The molecule has 0 unspecified atom stereocenters. The van der Waals surface area contributed by atoms with Gasteiger partial charge >= 0.3 is 6.03 Å². The van der Waals surface area contributed by atoms with Gasteiger partial charge in [-0.15, -0.1) is 0 Å². The molecule has 10 heteroatoms. The number of non-ortho nitro benzene ring substituents is 1. The van der Waals surface area contributed by atoms with Gasteiger partial charge in [-0.25, -0.2) is 13.2 Å². The van der Waals surface area contributed by atoms with E-state index < -0.39 is 14.9 Å². The maximum atomic E-state index is 12.9. The highest BCUT2D eigenvalue weighted by Gasteiger charge is 2.32. The number of nitro benzene ring substituents is 1. The summed E-state index contributed by atoms with van der Waals surface area (Å²) in [5, 5.41) is 13.8. The number of nitrogens with zero attached hydrogens (tertiary/aromatic N) is 3. The average Bonchev–Trinajstić information content (AvgIpc) is 2.65. The predicted octanol–water partition coefficient (Wildman–Crippen LogP) is 2.11. The molecule has 0 aromatic heterocycles. The van der Waals surface area contributed by atoms with E-state index in [9.17, 15) is 23.3 Å². The lowest BCUT2D eigenvalue weighted by Gasteiger charge is -2.34. The van der Waals surface area contributed by atoms with E-state index in [0.29, 0.717) is 12.1 Å². The third-order valence-corrected chi connectivity index (χ3v) is 6.62. The summed E-state index contributed by atoms with van der Waals surface area (Å²) in [6.45, 7) is 5.19. The molecule has 1 aromatic carbocycles. The molecule has 27 heavy (non-hydrogen) atoms. The molecule has 0 atom stereocenters. The van der Waals surface area contributed by atoms with Crippen LogP contribution in [0.4, 0.5) is 10.5 Å². The first-order chi connectivity index (χ1) is 12.8. The Morgan fingerprint density at radius 1 is 1.22 bits per heavy atom. The summed E-state index contributed by atoms with van der Waals surface area (Å²) in [5.74, 6) is 0. The molecule has 1 N–H and O–H groups in total. The first-order valence-electron chi connectivity index (χ1n) is 9.05. The van der Waals surface area contributed by atoms with Gasteiger partial charge in [0.2, 0.25) is 10.0 Å². The van der Waals surface area contributed by atoms with Crippen LogP contribution in [0.25, 0.3) is 0 Å². The standard InChI is InChI=1S/C17H26N4O5S/c1-3-4-5-8-18-17(22)19-9-11-20(12-10-19)27(25,26)16-13-15(21(23)24)7-6-14(16)2/h6-7,13H,3-5,8-12H2,1-2H3,(H,18,22). The molecule has 2 amide bonds. The molecule has 2 rings (SSSR count). The van der Waals surface area contributed by atoms with Crippen LogP contribution in [0.1, 0.15) is 31.7 Å². The van der Waals surface area contributed by atoms with Gasteiger partial charge in [-0.1, -0.05) is 25.8 Å². The van der Waals surface area contributed by atoms with E-state index in [-0.39, 0.29) is 42.8 Å². The van der Waals surface area contributed by atoms with Crippen LogP contribution in [0.2, 0.25) is 0 Å². The zero-order valence-electron chi connectivity index (χ0n) is 15.7. The molecule has 0 bridgehead atoms. The van der Waals surface area contributed by atoms with Crippen molar-refractivity contribution >= 4 is 21.7 Å². The summed E-state index contributed by atoms with van der Waals surface area (Å²) in [7, 11) is -3.85. The maximum Gasteiger partial charge on any atom is 0.317 e. The largest absolute Gasteiger partial charge is 0.338 e. The van der Waals surface area contributed by atoms with Crippen LogP contribution in [-0.4, -0.2) is 61.3 Å². The summed E-state index contributed by atoms with van der Waals surface area (Å²) >= 11 is 0. The summed E-state index contributed by atoms with van der Waals surface area (Å²) in [4.78, 5) is 24.0. The van der Waals surface area contributed by atoms with Crippen molar-refractivity contribution in [2.75, 3.05) is 32.7 Å². The Morgan fingerprint density at radius 2 is 1.89 bits per heavy atom. The molecule has 0 aliphatic carbocycles. The minimum atomic E-state index is -3.85. The number of hydrogen-bond donors (Lipinski definition) is 1. The molecule has 0 radical (unpaired) electrons. The van der Waals surface area contributed by atoms with Crippen molar-refractivity contribution in [2.24, 2.45) is 0 Å². The fourth-order valence-corrected chi connectivity index (χ4v) is 4.60. The first-order valence-corrected chi connectivity index (χ1v) is 10.5. The van der Waals surface area contributed by atoms with Crippen LogP contribution in [-0.2, 0) is 10.0 Å². The summed E-state index contributed by atoms with van der Waals surface area (Å²) in [6.07, 6.45) is 3.04. The molecule has 9 nitrogen and oxygen atoms in total. The van der Waals surface area contributed by atoms with Crippen molar-refractivity contribution < 1.29 is 18.1 Å². The molecule has 1 aliphatic rings. The molecule has 0 spiro atoms. The van der Waals surface area contributed by atoms with Gasteiger partial charge in [0, 0.05) is 44.9 Å². The number of hydrogen-bond acceptors (Lipinski definition) is 5. The van der Waals surface area contributed by atoms with Crippen LogP contribution in [0.5, 0.6) is 0 Å². The smallest absolute Gasteiger partial charge is 0.317 e. The number of urea groups is 1. The fourth-order valence-electron chi connectivity index (χ4n) is 2.93. The Kier molecular flexibility index (Phi) is 7.14. The molecule has 1 fully saturated rings. The number of nitro groups is 1. The number of aryl methyl sites for hydroxylation is 1. The maximum absolute atomic E-state index is 12.9. The molecule has 150 valence electrons. The van der Waals surface area contributed by atoms with Crippen LogP contribution < -0.4 is 5.32 Å². The normalized spacial score (nSPS) is 15.6. The highest BCUT2D eigenvalue weighted by molar-refractivity contribution is 7.89. The van der Waals surface area contributed by atoms with Gasteiger partial charge in [-0.05, 0) is 18.9 Å². The lowest BCUT2D eigenvalue weighted by molar-refractivity contribution is -0.385. The summed E-state index contributed by atoms with van der Waals surface area (Å²) in [6, 6.07) is 3.63. The number of sulfonamides is 1. The minimum absolute atomic E-state index is 0.0610. The van der Waals surface area contributed by atoms with Gasteiger partial charge in [-0.3, -0.25) is 10.1 Å². The Hall–Kier alpha value is -2.20. The predicted molar refractivity (Wildman–Crippen MR) is 101 cm³/mol. The van der Waals surface area contributed by atoms with Crippen molar-refractivity contribution in [1.29, 1.82) is 0 Å². The van der Waals surface area contributed by atoms with Crippen molar-refractivity contribution in [2.45, 2.75) is 38.0 Å². The van der Waals surface area contributed by atoms with Gasteiger partial charge < -0.3 is 10.2 Å². The van der Waals surface area contributed by atoms with E-state index in [1.807, 2.05) is 0 Å². The third kappa shape index (κ3) is 5.16. The second-order valence-electron chi connectivity index (χ2n) is 6.54. The SMILES string of the molecule is CCCCCNC(=O)N1CCN(S(=O)(=O)c2cc([N+](=O)[O-])ccc2C)CC1. The van der Waals surface area contributed by atoms with E-state index >= 15 is 0 Å². The second-order valence-corrected chi connectivity index (χ2v) is 8.44. The summed E-state index contributed by atoms with van der Waals surface area (Å²) < 4.78 is 27.1. The van der Waals surface area contributed by atoms with Crippen LogP contribution in [0, 0.1) is 17.0 Å². The molecule has 1 aromatic rings. The van der Waals surface area contributed by atoms with Gasteiger partial charge in [0.05, 0.1) is 9.82 Å². The van der Waals surface area contributed by atoms with Crippen LogP contribution in [0.15, 0.2) is 23.1 Å². The summed E-state index contributed by atoms with van der Waals surface area (Å²) in [5.41, 5.74) is 0.195. The zero-order chi connectivity index (χ0) is 20.0. The van der Waals surface area contributed by atoms with E-state index in [1.54, 1.807) is 11.8 Å². The van der Waals surface area contributed by atoms with E-state index in [4.69, 9.17) is 0 Å². The van der Waals surface area contributed by atoms with Crippen molar-refractivity contribution in [1.82, 2.24) is 14.5 Å². The van der Waals surface area contributed by atoms with Crippen molar-refractivity contribution in [3.63, 3.8) is 0 Å². The number of amides is 2. The Balaban J connectivity index is 2.01. The first kappa shape index (κ1) is 21.1. The van der Waals surface area contributed by atoms with E-state index in [2.05, 4.69) is 12.2 Å². The van der Waals surface area contributed by atoms with Crippen LogP contribution in [0.3, 0.4) is 0 Å². The average molecular weight is 398 g/mol. The zero-order valence-corrected chi connectivity index (χ0v) is 16.5. The fraction of sp³-hybridized carbons (Fsp3) is 0.588. The van der Waals surface area contributed by atoms with Crippen LogP contribution >= 0.6 is 0 Å². The number of piperazine rings is 1. The van der Waals surface area contributed by atoms with Gasteiger partial charge in [0.15, 0.2) is 0 Å². The van der Waals surface area contributed by atoms with E-state index in [0.717, 1.165) is 25.3 Å². The van der Waals surface area contributed by atoms with Gasteiger partial charge in [-0.2, -0.15) is 4.31 Å². The molecule has 0 saturated carbocycles. The third-order valence-electron chi connectivity index (χ3n) is 4.58. The van der Waals surface area contributed by atoms with E-state index in [1.165, 1.54) is 16.4 Å². The molecule has 1 saturated heterocycles. The lowest BCUT2D eigenvalue weighted by Crippen LogP contribution is -2.53. The Bertz CT molecular complexity index is 789. The second kappa shape index (κ2) is 9.14. The number of carbonyl (C=O) groups is 1. The Morgan fingerprint density at radius 3 is 2.48 bits per heavy atom. The Labute approximate surface area is 159 Å². The molecule has 1 heterocycles. The number of benzene rings is 1. The minimum Gasteiger partial charge on any atom is -0.338 e. The van der Waals surface area contributed by atoms with Gasteiger partial charge in [0.1, 0.15) is 0 Å². The highest BCUT2D eigenvalue weighted by Crippen LogP contribution is 2.25. The lowest BCUT2D eigenvalue weighted by atomic mass is 10.2.